The number of carbonyl (C=O) groups is 2. The van der Waals surface area contributed by atoms with Crippen LogP contribution >= 0.6 is 0 Å². The Labute approximate surface area is 149 Å². The number of nitrogens with zero attached hydrogens (tertiary/aromatic N) is 1. The van der Waals surface area contributed by atoms with E-state index in [-0.39, 0.29) is 23.2 Å². The molecule has 0 saturated carbocycles. The van der Waals surface area contributed by atoms with Crippen LogP contribution in [0.25, 0.3) is 11.1 Å². The molecule has 138 valence electrons. The van der Waals surface area contributed by atoms with Crippen LogP contribution in [0.1, 0.15) is 22.8 Å². The van der Waals surface area contributed by atoms with E-state index in [0.29, 0.717) is 12.1 Å². The number of methoxy groups -OCH3 is 1. The Balaban J connectivity index is 2.41. The molecule has 6 nitrogen and oxygen atoms in total. The maximum Gasteiger partial charge on any atom is 0.341 e. The van der Waals surface area contributed by atoms with Crippen LogP contribution in [-0.2, 0) is 11.3 Å². The Morgan fingerprint density at radius 1 is 1.19 bits per heavy atom. The van der Waals surface area contributed by atoms with Gasteiger partial charge < -0.3 is 9.64 Å². The molecular formula is C18H19F2N3O3. The summed E-state index contributed by atoms with van der Waals surface area (Å²) in [7, 11) is 1.14. The van der Waals surface area contributed by atoms with Gasteiger partial charge in [0, 0.05) is 12.1 Å². The number of rotatable bonds is 5. The number of hydrogen-bond acceptors (Lipinski definition) is 4. The molecule has 26 heavy (non-hydrogen) atoms. The lowest BCUT2D eigenvalue weighted by Gasteiger charge is -2.20. The van der Waals surface area contributed by atoms with Crippen molar-refractivity contribution in [2.24, 2.45) is 5.84 Å². The summed E-state index contributed by atoms with van der Waals surface area (Å²) in [5, 5.41) is 0. The van der Waals surface area contributed by atoms with Gasteiger partial charge in [-0.25, -0.2) is 24.2 Å². The monoisotopic (exact) mass is 363 g/mol. The standard InChI is InChI=1S/C18H19F2N3O3/c1-3-23(18(25)22-21)10-12-8-7-11(9-15(12)20)13-5-4-6-14(19)16(13)17(24)26-2/h4-9H,3,10,21H2,1-2H3,(H,22,25). The second-order valence-corrected chi connectivity index (χ2v) is 5.42. The van der Waals surface area contributed by atoms with Crippen molar-refractivity contribution >= 4 is 12.0 Å². The van der Waals surface area contributed by atoms with Crippen LogP contribution in [0.5, 0.6) is 0 Å². The van der Waals surface area contributed by atoms with Crippen molar-refractivity contribution in [3.8, 4) is 11.1 Å². The molecule has 2 rings (SSSR count). The third-order valence-corrected chi connectivity index (χ3v) is 3.92. The molecule has 0 aliphatic carbocycles. The summed E-state index contributed by atoms with van der Waals surface area (Å²) in [5.74, 6) is 2.90. The predicted molar refractivity (Wildman–Crippen MR) is 91.9 cm³/mol. The first-order chi connectivity index (χ1) is 12.4. The maximum absolute atomic E-state index is 14.5. The van der Waals surface area contributed by atoms with Gasteiger partial charge in [-0.15, -0.1) is 0 Å². The van der Waals surface area contributed by atoms with E-state index in [4.69, 9.17) is 5.84 Å². The number of nitrogens with two attached hydrogens (primary N) is 1. The molecule has 0 fully saturated rings. The van der Waals surface area contributed by atoms with E-state index in [1.165, 1.54) is 29.2 Å². The van der Waals surface area contributed by atoms with Gasteiger partial charge in [-0.1, -0.05) is 24.3 Å². The van der Waals surface area contributed by atoms with Crippen molar-refractivity contribution in [1.29, 1.82) is 0 Å². The number of urea groups is 1. The van der Waals surface area contributed by atoms with Crippen molar-refractivity contribution in [3.63, 3.8) is 0 Å². The fourth-order valence-corrected chi connectivity index (χ4v) is 2.54. The first kappa shape index (κ1) is 19.3. The molecule has 0 aliphatic rings. The Bertz CT molecular complexity index is 827. The minimum Gasteiger partial charge on any atom is -0.465 e. The highest BCUT2D eigenvalue weighted by Crippen LogP contribution is 2.28. The van der Waals surface area contributed by atoms with Gasteiger partial charge in [-0.05, 0) is 30.2 Å². The van der Waals surface area contributed by atoms with Crippen molar-refractivity contribution in [2.75, 3.05) is 13.7 Å². The lowest BCUT2D eigenvalue weighted by molar-refractivity contribution is 0.0596. The van der Waals surface area contributed by atoms with Crippen LogP contribution in [0.4, 0.5) is 13.6 Å². The van der Waals surface area contributed by atoms with Gasteiger partial charge in [0.2, 0.25) is 0 Å². The molecule has 0 spiro atoms. The molecule has 0 unspecified atom stereocenters. The van der Waals surface area contributed by atoms with Gasteiger partial charge >= 0.3 is 12.0 Å². The Morgan fingerprint density at radius 3 is 2.50 bits per heavy atom. The maximum atomic E-state index is 14.5. The summed E-state index contributed by atoms with van der Waals surface area (Å²) in [6.45, 7) is 2.08. The number of nitrogens with one attached hydrogen (secondary N) is 1. The third-order valence-electron chi connectivity index (χ3n) is 3.92. The summed E-state index contributed by atoms with van der Waals surface area (Å²) in [5.41, 5.74) is 2.53. The number of esters is 1. The zero-order chi connectivity index (χ0) is 19.3. The molecule has 0 aliphatic heterocycles. The molecule has 0 saturated heterocycles. The zero-order valence-corrected chi connectivity index (χ0v) is 14.4. The second kappa shape index (κ2) is 8.39. The average molecular weight is 363 g/mol. The minimum absolute atomic E-state index is 0.0126. The first-order valence-electron chi connectivity index (χ1n) is 7.84. The highest BCUT2D eigenvalue weighted by atomic mass is 19.1. The summed E-state index contributed by atoms with van der Waals surface area (Å²) in [6, 6.07) is 7.73. The van der Waals surface area contributed by atoms with E-state index in [9.17, 15) is 18.4 Å². The normalized spacial score (nSPS) is 10.3. The van der Waals surface area contributed by atoms with Gasteiger partial charge in [-0.3, -0.25) is 5.43 Å². The number of amides is 2. The number of carbonyl (C=O) groups excluding carboxylic acids is 2. The van der Waals surface area contributed by atoms with E-state index in [1.807, 2.05) is 5.43 Å². The van der Waals surface area contributed by atoms with Crippen LogP contribution in [0.15, 0.2) is 36.4 Å². The van der Waals surface area contributed by atoms with Crippen LogP contribution < -0.4 is 11.3 Å². The van der Waals surface area contributed by atoms with Crippen LogP contribution in [-0.4, -0.2) is 30.6 Å². The third kappa shape index (κ3) is 3.97. The number of hydrazine groups is 1. The van der Waals surface area contributed by atoms with Gasteiger partial charge in [0.25, 0.3) is 0 Å². The van der Waals surface area contributed by atoms with Crippen LogP contribution in [0.2, 0.25) is 0 Å². The van der Waals surface area contributed by atoms with E-state index < -0.39 is 23.6 Å². The molecule has 0 aromatic heterocycles. The lowest BCUT2D eigenvalue weighted by atomic mass is 9.97. The summed E-state index contributed by atoms with van der Waals surface area (Å²) in [4.78, 5) is 24.8. The van der Waals surface area contributed by atoms with Gasteiger partial charge in [0.15, 0.2) is 0 Å². The molecular weight excluding hydrogens is 344 g/mol. The molecule has 0 atom stereocenters. The Morgan fingerprint density at radius 2 is 1.92 bits per heavy atom. The molecule has 0 radical (unpaired) electrons. The van der Waals surface area contributed by atoms with Crippen molar-refractivity contribution in [2.45, 2.75) is 13.5 Å². The summed E-state index contributed by atoms with van der Waals surface area (Å²) >= 11 is 0. The molecule has 2 aromatic carbocycles. The average Bonchev–Trinajstić information content (AvgIpc) is 2.65. The molecule has 2 aromatic rings. The summed E-state index contributed by atoms with van der Waals surface area (Å²) < 4.78 is 33.2. The second-order valence-electron chi connectivity index (χ2n) is 5.42. The number of hydrogen-bond donors (Lipinski definition) is 2. The van der Waals surface area contributed by atoms with E-state index in [0.717, 1.165) is 13.2 Å². The minimum atomic E-state index is -0.848. The van der Waals surface area contributed by atoms with E-state index >= 15 is 0 Å². The van der Waals surface area contributed by atoms with Gasteiger partial charge in [-0.2, -0.15) is 0 Å². The van der Waals surface area contributed by atoms with Crippen molar-refractivity contribution in [3.05, 3.63) is 59.2 Å². The first-order valence-corrected chi connectivity index (χ1v) is 7.84. The van der Waals surface area contributed by atoms with Crippen LogP contribution in [0.3, 0.4) is 0 Å². The number of ether oxygens (including phenoxy) is 1. The number of halogens is 2. The fraction of sp³-hybridized carbons (Fsp3) is 0.222. The molecule has 2 amide bonds. The van der Waals surface area contributed by atoms with E-state index in [1.54, 1.807) is 13.0 Å². The smallest absolute Gasteiger partial charge is 0.341 e. The zero-order valence-electron chi connectivity index (χ0n) is 14.4. The Kier molecular flexibility index (Phi) is 6.24. The predicted octanol–water partition coefficient (Wildman–Crippen LogP) is 2.82. The molecule has 0 bridgehead atoms. The topological polar surface area (TPSA) is 84.7 Å². The lowest BCUT2D eigenvalue weighted by Crippen LogP contribution is -2.42. The summed E-state index contributed by atoms with van der Waals surface area (Å²) in [6.07, 6.45) is 0. The van der Waals surface area contributed by atoms with Crippen molar-refractivity contribution < 1.29 is 23.1 Å². The Hall–Kier alpha value is -3.00. The van der Waals surface area contributed by atoms with Crippen molar-refractivity contribution in [1.82, 2.24) is 10.3 Å². The van der Waals surface area contributed by atoms with Crippen LogP contribution in [0, 0.1) is 11.6 Å². The fourth-order valence-electron chi connectivity index (χ4n) is 2.54. The number of benzene rings is 2. The SMILES string of the molecule is CCN(Cc1ccc(-c2cccc(F)c2C(=O)OC)cc1F)C(=O)NN. The van der Waals surface area contributed by atoms with Gasteiger partial charge in [0.1, 0.15) is 17.2 Å². The molecule has 8 heteroatoms. The molecule has 0 heterocycles. The highest BCUT2D eigenvalue weighted by Gasteiger charge is 2.20. The highest BCUT2D eigenvalue weighted by molar-refractivity contribution is 5.97. The molecule has 3 N–H and O–H groups in total. The largest absolute Gasteiger partial charge is 0.465 e. The van der Waals surface area contributed by atoms with Gasteiger partial charge in [0.05, 0.1) is 13.7 Å². The quantitative estimate of drug-likeness (QED) is 0.370. The van der Waals surface area contributed by atoms with E-state index in [2.05, 4.69) is 4.74 Å².